The van der Waals surface area contributed by atoms with E-state index in [0.717, 1.165) is 51.9 Å². The Morgan fingerprint density at radius 3 is 0.804 bits per heavy atom. The Balaban J connectivity index is 1.25. The predicted molar refractivity (Wildman–Crippen MR) is 203 cm³/mol. The van der Waals surface area contributed by atoms with Gasteiger partial charge in [-0.3, -0.25) is 0 Å². The van der Waals surface area contributed by atoms with Crippen LogP contribution in [0.25, 0.3) is 0 Å². The molecule has 0 aliphatic carbocycles. The third-order valence-electron chi connectivity index (χ3n) is 7.69. The minimum absolute atomic E-state index is 0.552. The van der Waals surface area contributed by atoms with Crippen LogP contribution in [-0.4, -0.2) is 92.9 Å². The summed E-state index contributed by atoms with van der Waals surface area (Å²) >= 11 is -1.10. The molecule has 4 aromatic carbocycles. The van der Waals surface area contributed by atoms with Gasteiger partial charge in [0.2, 0.25) is 0 Å². The first-order chi connectivity index (χ1) is 22.9. The number of hydrogen-bond acceptors (Lipinski definition) is 4. The summed E-state index contributed by atoms with van der Waals surface area (Å²) in [5.41, 5.74) is 5.06. The molecule has 0 fully saturated rings. The SMILES string of the molecule is C1=NCCCCCCN=Cc2ccccc2[Te]c2ccccc2C=NCCCCCCN=Cc2ccccc2[Te]c2ccccc21. The van der Waals surface area contributed by atoms with Crippen LogP contribution in [-0.2, 0) is 0 Å². The number of fused-ring (bicyclic) bond motifs is 4. The molecule has 1 aliphatic heterocycles. The molecular weight excluding hydrogens is 792 g/mol. The minimum atomic E-state index is -0.552. The van der Waals surface area contributed by atoms with Crippen molar-refractivity contribution in [3.05, 3.63) is 119 Å². The van der Waals surface area contributed by atoms with E-state index < -0.39 is 41.8 Å². The zero-order valence-corrected chi connectivity index (χ0v) is 31.3. The average molecular weight is 836 g/mol. The number of nitrogens with zero attached hydrogens (tertiary/aromatic N) is 4. The van der Waals surface area contributed by atoms with Crippen molar-refractivity contribution in [2.24, 2.45) is 20.0 Å². The van der Waals surface area contributed by atoms with Crippen molar-refractivity contribution in [1.29, 1.82) is 0 Å². The van der Waals surface area contributed by atoms with Crippen LogP contribution in [0.4, 0.5) is 0 Å². The van der Waals surface area contributed by atoms with E-state index in [2.05, 4.69) is 122 Å². The van der Waals surface area contributed by atoms with Gasteiger partial charge in [0.05, 0.1) is 0 Å². The van der Waals surface area contributed by atoms with Crippen molar-refractivity contribution in [3.63, 3.8) is 0 Å². The second kappa shape index (κ2) is 20.4. The van der Waals surface area contributed by atoms with Gasteiger partial charge in [0.25, 0.3) is 0 Å². The molecule has 0 spiro atoms. The van der Waals surface area contributed by atoms with Gasteiger partial charge in [-0.05, 0) is 0 Å². The van der Waals surface area contributed by atoms with Gasteiger partial charge in [-0.1, -0.05) is 0 Å². The predicted octanol–water partition coefficient (Wildman–Crippen LogP) is 5.51. The Morgan fingerprint density at radius 2 is 0.543 bits per heavy atom. The standard InChI is InChI=1S/C40H44N4Te2/c1-2-14-26-42-30-34-18-6-10-22-38(34)46-40-24-12-8-20-36(40)32-44-28-16-4-3-15-27-43-31-35-19-7-11-23-39(35)45-37-21-9-5-17-33(37)29-41-25-13-1/h5-12,17-24,29-32H,1-4,13-16,25-28H2. The molecule has 6 heteroatoms. The zero-order chi connectivity index (χ0) is 31.5. The first kappa shape index (κ1) is 34.5. The molecule has 0 aromatic heterocycles. The van der Waals surface area contributed by atoms with Crippen LogP contribution in [0.1, 0.15) is 73.6 Å². The monoisotopic (exact) mass is 840 g/mol. The van der Waals surface area contributed by atoms with Gasteiger partial charge in [-0.25, -0.2) is 0 Å². The van der Waals surface area contributed by atoms with Gasteiger partial charge in [0.1, 0.15) is 0 Å². The molecule has 0 radical (unpaired) electrons. The number of hydrogen-bond donors (Lipinski definition) is 0. The van der Waals surface area contributed by atoms with Crippen molar-refractivity contribution in [2.75, 3.05) is 26.2 Å². The fourth-order valence-corrected chi connectivity index (χ4v) is 10.9. The van der Waals surface area contributed by atoms with E-state index >= 15 is 0 Å². The molecule has 1 aliphatic rings. The molecule has 0 saturated carbocycles. The number of rotatable bonds is 0. The van der Waals surface area contributed by atoms with Crippen molar-refractivity contribution >= 4 is 81.2 Å². The van der Waals surface area contributed by atoms with Crippen molar-refractivity contribution in [2.45, 2.75) is 51.4 Å². The first-order valence-corrected chi connectivity index (χ1v) is 21.2. The van der Waals surface area contributed by atoms with Crippen LogP contribution in [0.3, 0.4) is 0 Å². The van der Waals surface area contributed by atoms with Crippen LogP contribution in [0.5, 0.6) is 0 Å². The van der Waals surface area contributed by atoms with Gasteiger partial charge in [0.15, 0.2) is 0 Å². The van der Waals surface area contributed by atoms with E-state index in [1.54, 1.807) is 0 Å². The molecule has 0 amide bonds. The van der Waals surface area contributed by atoms with E-state index in [1.165, 1.54) is 62.4 Å². The molecule has 0 atom stereocenters. The second-order valence-corrected chi connectivity index (χ2v) is 17.5. The average Bonchev–Trinajstić information content (AvgIpc) is 3.08. The van der Waals surface area contributed by atoms with Gasteiger partial charge in [0, 0.05) is 0 Å². The molecule has 0 N–H and O–H groups in total. The van der Waals surface area contributed by atoms with E-state index in [-0.39, 0.29) is 0 Å². The van der Waals surface area contributed by atoms with Gasteiger partial charge in [-0.2, -0.15) is 0 Å². The number of aliphatic imine (C=N–C) groups is 4. The summed E-state index contributed by atoms with van der Waals surface area (Å²) in [5.74, 6) is 0. The van der Waals surface area contributed by atoms with Gasteiger partial charge >= 0.3 is 298 Å². The third kappa shape index (κ3) is 11.7. The summed E-state index contributed by atoms with van der Waals surface area (Å²) in [4.78, 5) is 19.3. The molecule has 0 bridgehead atoms. The van der Waals surface area contributed by atoms with Gasteiger partial charge in [-0.15, -0.1) is 0 Å². The molecule has 0 saturated heterocycles. The van der Waals surface area contributed by atoms with E-state index in [1.807, 2.05) is 0 Å². The summed E-state index contributed by atoms with van der Waals surface area (Å²) in [7, 11) is 0. The summed E-state index contributed by atoms with van der Waals surface area (Å²) in [5, 5.41) is 0. The summed E-state index contributed by atoms with van der Waals surface area (Å²) < 4.78 is 5.74. The van der Waals surface area contributed by atoms with Crippen LogP contribution in [0, 0.1) is 0 Å². The molecular formula is C40H44N4Te2. The molecule has 0 unspecified atom stereocenters. The van der Waals surface area contributed by atoms with E-state index in [9.17, 15) is 0 Å². The van der Waals surface area contributed by atoms with Crippen molar-refractivity contribution in [3.8, 4) is 0 Å². The normalized spacial score (nSPS) is 16.0. The van der Waals surface area contributed by atoms with Crippen LogP contribution in [0.2, 0.25) is 0 Å². The summed E-state index contributed by atoms with van der Waals surface area (Å²) in [6, 6.07) is 35.1. The summed E-state index contributed by atoms with van der Waals surface area (Å²) in [6.07, 6.45) is 17.7. The zero-order valence-electron chi connectivity index (χ0n) is 26.6. The maximum absolute atomic E-state index is 4.82. The first-order valence-electron chi connectivity index (χ1n) is 16.6. The van der Waals surface area contributed by atoms with Crippen LogP contribution >= 0.6 is 0 Å². The molecule has 236 valence electrons. The Labute approximate surface area is 295 Å². The Bertz CT molecular complexity index is 1390. The molecule has 4 aromatic rings. The van der Waals surface area contributed by atoms with Crippen molar-refractivity contribution < 1.29 is 0 Å². The van der Waals surface area contributed by atoms with Crippen molar-refractivity contribution in [1.82, 2.24) is 0 Å². The fourth-order valence-electron chi connectivity index (χ4n) is 5.13. The van der Waals surface area contributed by atoms with Crippen LogP contribution < -0.4 is 14.4 Å². The topological polar surface area (TPSA) is 49.4 Å². The molecule has 1 heterocycles. The summed E-state index contributed by atoms with van der Waals surface area (Å²) in [6.45, 7) is 3.52. The number of benzene rings is 4. The third-order valence-corrected chi connectivity index (χ3v) is 14.4. The van der Waals surface area contributed by atoms with E-state index in [4.69, 9.17) is 20.0 Å². The van der Waals surface area contributed by atoms with E-state index in [0.29, 0.717) is 0 Å². The molecule has 5 rings (SSSR count). The Morgan fingerprint density at radius 1 is 0.304 bits per heavy atom. The second-order valence-electron chi connectivity index (χ2n) is 11.3. The quantitative estimate of drug-likeness (QED) is 0.210. The molecule has 4 nitrogen and oxygen atoms in total. The Hall–Kier alpha value is -2.86. The fraction of sp³-hybridized carbons (Fsp3) is 0.300. The van der Waals surface area contributed by atoms with Crippen LogP contribution in [0.15, 0.2) is 117 Å². The van der Waals surface area contributed by atoms with Gasteiger partial charge < -0.3 is 0 Å². The molecule has 46 heavy (non-hydrogen) atoms. The Kier molecular flexibility index (Phi) is 15.3. The maximum atomic E-state index is 4.82.